The van der Waals surface area contributed by atoms with Crippen LogP contribution in [0.15, 0.2) is 41.6 Å². The molecule has 3 rings (SSSR count). The van der Waals surface area contributed by atoms with Crippen molar-refractivity contribution in [2.75, 3.05) is 11.6 Å². The molecule has 3 aromatic rings. The molecule has 0 aliphatic carbocycles. The van der Waals surface area contributed by atoms with Gasteiger partial charge >= 0.3 is 0 Å². The summed E-state index contributed by atoms with van der Waals surface area (Å²) < 4.78 is 25.2. The standard InChI is InChI=1S/C20H18Cl2N6O5S/c1-10-7-12(21)8-13(19(30)26-25-11(2)29)17(10)24-20(31)15-9-16(34(3,32)33)27-28(15)18-14(22)5-4-6-23-18/h4-9H,1-3H3,(H,24,31)(H,25,29)(H,26,30). The second-order valence-corrected chi connectivity index (χ2v) is 9.90. The van der Waals surface area contributed by atoms with Gasteiger partial charge in [-0.25, -0.2) is 18.1 Å². The summed E-state index contributed by atoms with van der Waals surface area (Å²) in [4.78, 5) is 41.1. The first-order valence-electron chi connectivity index (χ1n) is 9.48. The van der Waals surface area contributed by atoms with Crippen LogP contribution in [-0.2, 0) is 14.6 Å². The van der Waals surface area contributed by atoms with Gasteiger partial charge in [0.1, 0.15) is 5.69 Å². The monoisotopic (exact) mass is 524 g/mol. The van der Waals surface area contributed by atoms with Crippen molar-refractivity contribution in [1.29, 1.82) is 0 Å². The third-order valence-corrected chi connectivity index (χ3v) is 5.85. The van der Waals surface area contributed by atoms with Crippen LogP contribution in [0.5, 0.6) is 0 Å². The van der Waals surface area contributed by atoms with Gasteiger partial charge in [-0.2, -0.15) is 5.10 Å². The number of sulfone groups is 1. The summed E-state index contributed by atoms with van der Waals surface area (Å²) in [7, 11) is -3.79. The van der Waals surface area contributed by atoms with E-state index >= 15 is 0 Å². The first-order chi connectivity index (χ1) is 15.9. The van der Waals surface area contributed by atoms with Gasteiger partial charge in [-0.1, -0.05) is 23.2 Å². The lowest BCUT2D eigenvalue weighted by Crippen LogP contribution is -2.40. The number of nitrogens with one attached hydrogen (secondary N) is 3. The van der Waals surface area contributed by atoms with Crippen LogP contribution in [0.25, 0.3) is 5.82 Å². The highest BCUT2D eigenvalue weighted by Crippen LogP contribution is 2.27. The van der Waals surface area contributed by atoms with E-state index in [1.165, 1.54) is 31.3 Å². The number of carbonyl (C=O) groups is 3. The molecule has 178 valence electrons. The summed E-state index contributed by atoms with van der Waals surface area (Å²) in [5.41, 5.74) is 4.62. The lowest BCUT2D eigenvalue weighted by Gasteiger charge is -2.15. The van der Waals surface area contributed by atoms with Gasteiger partial charge in [-0.15, -0.1) is 0 Å². The first-order valence-corrected chi connectivity index (χ1v) is 12.1. The van der Waals surface area contributed by atoms with E-state index in [2.05, 4.69) is 26.3 Å². The number of aryl methyl sites for hydroxylation is 1. The summed E-state index contributed by atoms with van der Waals surface area (Å²) in [5.74, 6) is -2.03. The zero-order chi connectivity index (χ0) is 25.2. The highest BCUT2D eigenvalue weighted by Gasteiger charge is 2.25. The SMILES string of the molecule is CC(=O)NNC(=O)c1cc(Cl)cc(C)c1NC(=O)c1cc(S(C)(=O)=O)nn1-c1ncccc1Cl. The average Bonchev–Trinajstić information content (AvgIpc) is 3.20. The zero-order valence-corrected chi connectivity index (χ0v) is 20.3. The van der Waals surface area contributed by atoms with Crippen molar-refractivity contribution in [2.24, 2.45) is 0 Å². The molecule has 1 aromatic carbocycles. The predicted molar refractivity (Wildman–Crippen MR) is 125 cm³/mol. The third kappa shape index (κ3) is 5.53. The average molecular weight is 525 g/mol. The summed E-state index contributed by atoms with van der Waals surface area (Å²) in [6, 6.07) is 6.94. The molecule has 0 spiro atoms. The molecular weight excluding hydrogens is 507 g/mol. The number of halogens is 2. The number of hydrogen-bond donors (Lipinski definition) is 3. The fourth-order valence-corrected chi connectivity index (χ4v) is 3.90. The Morgan fingerprint density at radius 3 is 2.38 bits per heavy atom. The maximum absolute atomic E-state index is 13.3. The molecule has 11 nitrogen and oxygen atoms in total. The predicted octanol–water partition coefficient (Wildman–Crippen LogP) is 2.32. The van der Waals surface area contributed by atoms with Gasteiger partial charge in [0.15, 0.2) is 20.7 Å². The molecule has 0 unspecified atom stereocenters. The summed E-state index contributed by atoms with van der Waals surface area (Å²) in [6.07, 6.45) is 2.34. The smallest absolute Gasteiger partial charge is 0.274 e. The molecule has 3 N–H and O–H groups in total. The van der Waals surface area contributed by atoms with E-state index in [0.29, 0.717) is 5.56 Å². The Bertz CT molecular complexity index is 1420. The molecule has 14 heteroatoms. The van der Waals surface area contributed by atoms with E-state index in [-0.39, 0.29) is 37.8 Å². The number of rotatable bonds is 5. The Morgan fingerprint density at radius 1 is 1.06 bits per heavy atom. The number of aromatic nitrogens is 3. The molecular formula is C20H18Cl2N6O5S. The van der Waals surface area contributed by atoms with Crippen LogP contribution in [0.2, 0.25) is 10.0 Å². The lowest BCUT2D eigenvalue weighted by atomic mass is 10.1. The number of amides is 3. The van der Waals surface area contributed by atoms with Crippen LogP contribution in [0.1, 0.15) is 33.3 Å². The van der Waals surface area contributed by atoms with Gasteiger partial charge in [0, 0.05) is 30.5 Å². The van der Waals surface area contributed by atoms with Crippen LogP contribution in [0, 0.1) is 6.92 Å². The van der Waals surface area contributed by atoms with Crippen LogP contribution in [0.4, 0.5) is 5.69 Å². The lowest BCUT2D eigenvalue weighted by molar-refractivity contribution is -0.119. The van der Waals surface area contributed by atoms with E-state index < -0.39 is 27.6 Å². The molecule has 0 atom stereocenters. The van der Waals surface area contributed by atoms with Gasteiger partial charge in [-0.05, 0) is 36.8 Å². The van der Waals surface area contributed by atoms with Crippen molar-refractivity contribution in [3.63, 3.8) is 0 Å². The Hall–Kier alpha value is -3.48. The fourth-order valence-electron chi connectivity index (χ4n) is 2.87. The number of hydrogen-bond acceptors (Lipinski definition) is 7. The van der Waals surface area contributed by atoms with Crippen LogP contribution < -0.4 is 16.2 Å². The minimum atomic E-state index is -3.79. The molecule has 2 aromatic heterocycles. The maximum atomic E-state index is 13.3. The Kier molecular flexibility index (Phi) is 7.24. The molecule has 0 aliphatic rings. The number of nitrogens with zero attached hydrogens (tertiary/aromatic N) is 3. The van der Waals surface area contributed by atoms with E-state index in [1.54, 1.807) is 13.0 Å². The fraction of sp³-hybridized carbons (Fsp3) is 0.150. The van der Waals surface area contributed by atoms with Gasteiger partial charge < -0.3 is 5.32 Å². The third-order valence-electron chi connectivity index (χ3n) is 4.37. The number of carbonyl (C=O) groups excluding carboxylic acids is 3. The van der Waals surface area contributed by atoms with Crippen molar-refractivity contribution < 1.29 is 22.8 Å². The second kappa shape index (κ2) is 9.79. The molecule has 0 fully saturated rings. The molecule has 34 heavy (non-hydrogen) atoms. The number of anilines is 1. The minimum absolute atomic E-state index is 0.0284. The molecule has 2 heterocycles. The Balaban J connectivity index is 2.09. The molecule has 0 saturated carbocycles. The van der Waals surface area contributed by atoms with E-state index in [4.69, 9.17) is 23.2 Å². The quantitative estimate of drug-likeness (QED) is 0.433. The van der Waals surface area contributed by atoms with Crippen molar-refractivity contribution in [2.45, 2.75) is 18.9 Å². The van der Waals surface area contributed by atoms with Crippen molar-refractivity contribution >= 4 is 56.4 Å². The van der Waals surface area contributed by atoms with Crippen molar-refractivity contribution in [1.82, 2.24) is 25.6 Å². The summed E-state index contributed by atoms with van der Waals surface area (Å²) >= 11 is 12.3. The molecule has 0 bridgehead atoms. The van der Waals surface area contributed by atoms with Gasteiger partial charge in [0.05, 0.1) is 16.3 Å². The first kappa shape index (κ1) is 25.1. The molecule has 0 aliphatic heterocycles. The number of hydrazine groups is 1. The maximum Gasteiger partial charge on any atom is 0.274 e. The van der Waals surface area contributed by atoms with E-state index in [9.17, 15) is 22.8 Å². The zero-order valence-electron chi connectivity index (χ0n) is 18.0. The van der Waals surface area contributed by atoms with Gasteiger partial charge in [0.25, 0.3) is 11.8 Å². The summed E-state index contributed by atoms with van der Waals surface area (Å²) in [6.45, 7) is 2.81. The van der Waals surface area contributed by atoms with Crippen LogP contribution in [-0.4, -0.2) is 47.2 Å². The number of pyridine rings is 1. The Labute approximate surface area is 204 Å². The number of benzene rings is 1. The molecule has 0 radical (unpaired) electrons. The largest absolute Gasteiger partial charge is 0.320 e. The van der Waals surface area contributed by atoms with Crippen LogP contribution >= 0.6 is 23.2 Å². The topological polar surface area (TPSA) is 152 Å². The highest BCUT2D eigenvalue weighted by molar-refractivity contribution is 7.90. The van der Waals surface area contributed by atoms with E-state index in [1.807, 2.05) is 0 Å². The van der Waals surface area contributed by atoms with E-state index in [0.717, 1.165) is 17.0 Å². The summed E-state index contributed by atoms with van der Waals surface area (Å²) in [5, 5.41) is 6.54. The Morgan fingerprint density at radius 2 is 1.76 bits per heavy atom. The highest BCUT2D eigenvalue weighted by atomic mass is 35.5. The second-order valence-electron chi connectivity index (χ2n) is 7.10. The molecule has 3 amide bonds. The minimum Gasteiger partial charge on any atom is -0.320 e. The van der Waals surface area contributed by atoms with Crippen molar-refractivity contribution in [3.8, 4) is 5.82 Å². The van der Waals surface area contributed by atoms with Crippen molar-refractivity contribution in [3.05, 3.63) is 63.4 Å². The van der Waals surface area contributed by atoms with Gasteiger partial charge in [0.2, 0.25) is 5.91 Å². The van der Waals surface area contributed by atoms with Crippen LogP contribution in [0.3, 0.4) is 0 Å². The molecule has 0 saturated heterocycles. The normalized spacial score (nSPS) is 11.1. The van der Waals surface area contributed by atoms with Gasteiger partial charge in [-0.3, -0.25) is 25.2 Å².